The molecule has 0 atom stereocenters. The minimum atomic E-state index is -1.20. The van der Waals surface area contributed by atoms with Crippen LogP contribution in [0.2, 0.25) is 0 Å². The minimum Gasteiger partial charge on any atom is -0.506 e. The van der Waals surface area contributed by atoms with Crippen LogP contribution in [0.1, 0.15) is 10.4 Å². The zero-order chi connectivity index (χ0) is 14.9. The molecule has 2 N–H and O–H groups in total. The van der Waals surface area contributed by atoms with Crippen LogP contribution >= 0.6 is 15.9 Å². The van der Waals surface area contributed by atoms with Crippen LogP contribution in [0, 0.1) is 17.5 Å². The summed E-state index contributed by atoms with van der Waals surface area (Å²) in [5.41, 5.74) is -1.41. The standard InChI is InChI=1S/C13H7BrF3NO2/c14-6-4-8(16)11(9(17)5-6)13(20)18-12-7(15)2-1-3-10(12)19/h1-5,19H,(H,18,20). The van der Waals surface area contributed by atoms with Gasteiger partial charge in [0.25, 0.3) is 5.91 Å². The number of amides is 1. The van der Waals surface area contributed by atoms with Crippen molar-refractivity contribution in [2.45, 2.75) is 0 Å². The summed E-state index contributed by atoms with van der Waals surface area (Å²) in [5.74, 6) is -4.88. The third kappa shape index (κ3) is 2.77. The average molecular weight is 346 g/mol. The zero-order valence-electron chi connectivity index (χ0n) is 9.75. The monoisotopic (exact) mass is 345 g/mol. The second-order valence-corrected chi connectivity index (χ2v) is 4.75. The highest BCUT2D eigenvalue weighted by Crippen LogP contribution is 2.27. The number of hydrogen-bond donors (Lipinski definition) is 2. The number of nitrogens with one attached hydrogen (secondary N) is 1. The number of phenolic OH excluding ortho intramolecular Hbond substituents is 1. The van der Waals surface area contributed by atoms with Crippen molar-refractivity contribution < 1.29 is 23.1 Å². The van der Waals surface area contributed by atoms with Gasteiger partial charge in [-0.15, -0.1) is 0 Å². The normalized spacial score (nSPS) is 10.4. The van der Waals surface area contributed by atoms with Gasteiger partial charge >= 0.3 is 0 Å². The van der Waals surface area contributed by atoms with Crippen LogP contribution in [0.3, 0.4) is 0 Å². The average Bonchev–Trinajstić information content (AvgIpc) is 2.32. The molecular formula is C13H7BrF3NO2. The molecule has 1 amide bonds. The van der Waals surface area contributed by atoms with Gasteiger partial charge in [-0.25, -0.2) is 13.2 Å². The van der Waals surface area contributed by atoms with E-state index in [1.54, 1.807) is 0 Å². The van der Waals surface area contributed by atoms with Crippen molar-refractivity contribution in [1.29, 1.82) is 0 Å². The summed E-state index contributed by atoms with van der Waals surface area (Å²) < 4.78 is 40.7. The highest BCUT2D eigenvalue weighted by Gasteiger charge is 2.20. The Morgan fingerprint density at radius 1 is 1.10 bits per heavy atom. The van der Waals surface area contributed by atoms with Crippen LogP contribution in [0.25, 0.3) is 0 Å². The molecule has 0 radical (unpaired) electrons. The van der Waals surface area contributed by atoms with E-state index >= 15 is 0 Å². The first-order chi connectivity index (χ1) is 9.40. The van der Waals surface area contributed by atoms with Gasteiger partial charge in [0.1, 0.15) is 28.6 Å². The number of carbonyl (C=O) groups excluding carboxylic acids is 1. The summed E-state index contributed by atoms with van der Waals surface area (Å²) in [5, 5.41) is 11.4. The zero-order valence-corrected chi connectivity index (χ0v) is 11.3. The molecule has 0 spiro atoms. The van der Waals surface area contributed by atoms with Crippen molar-refractivity contribution in [3.8, 4) is 5.75 Å². The SMILES string of the molecule is O=C(Nc1c(O)cccc1F)c1c(F)cc(Br)cc1F. The number of anilines is 1. The van der Waals surface area contributed by atoms with E-state index in [4.69, 9.17) is 0 Å². The Kier molecular flexibility index (Phi) is 3.99. The summed E-state index contributed by atoms with van der Waals surface area (Å²) in [6, 6.07) is 5.15. The van der Waals surface area contributed by atoms with Crippen molar-refractivity contribution >= 4 is 27.5 Å². The predicted molar refractivity (Wildman–Crippen MR) is 70.1 cm³/mol. The molecule has 104 valence electrons. The van der Waals surface area contributed by atoms with E-state index in [0.29, 0.717) is 0 Å². The molecule has 0 saturated heterocycles. The molecule has 0 saturated carbocycles. The highest BCUT2D eigenvalue weighted by molar-refractivity contribution is 9.10. The van der Waals surface area contributed by atoms with Crippen molar-refractivity contribution in [2.24, 2.45) is 0 Å². The molecule has 2 aromatic carbocycles. The maximum Gasteiger partial charge on any atom is 0.261 e. The van der Waals surface area contributed by atoms with E-state index < -0.39 is 40.4 Å². The van der Waals surface area contributed by atoms with Gasteiger partial charge in [-0.2, -0.15) is 0 Å². The van der Waals surface area contributed by atoms with Gasteiger partial charge in [-0.05, 0) is 24.3 Å². The van der Waals surface area contributed by atoms with Gasteiger partial charge in [-0.1, -0.05) is 22.0 Å². The summed E-state index contributed by atoms with van der Waals surface area (Å²) >= 11 is 2.87. The first-order valence-corrected chi connectivity index (χ1v) is 6.13. The quantitative estimate of drug-likeness (QED) is 0.813. The number of phenols is 1. The lowest BCUT2D eigenvalue weighted by molar-refractivity contribution is 0.101. The van der Waals surface area contributed by atoms with Crippen LogP contribution in [0.5, 0.6) is 5.75 Å². The Balaban J connectivity index is 2.39. The number of rotatable bonds is 2. The molecule has 20 heavy (non-hydrogen) atoms. The fourth-order valence-corrected chi connectivity index (χ4v) is 1.97. The number of hydrogen-bond acceptors (Lipinski definition) is 2. The third-order valence-electron chi connectivity index (χ3n) is 2.46. The van der Waals surface area contributed by atoms with E-state index in [-0.39, 0.29) is 4.47 Å². The number of aromatic hydroxyl groups is 1. The molecule has 0 fully saturated rings. The molecular weight excluding hydrogens is 339 g/mol. The van der Waals surface area contributed by atoms with Gasteiger partial charge in [0.2, 0.25) is 0 Å². The second kappa shape index (κ2) is 5.54. The molecule has 0 aliphatic carbocycles. The maximum atomic E-state index is 13.6. The van der Waals surface area contributed by atoms with Crippen LogP contribution < -0.4 is 5.32 Å². The van der Waals surface area contributed by atoms with Gasteiger partial charge in [0.05, 0.1) is 0 Å². The number of carbonyl (C=O) groups is 1. The van der Waals surface area contributed by atoms with Gasteiger partial charge in [0, 0.05) is 4.47 Å². The second-order valence-electron chi connectivity index (χ2n) is 3.83. The molecule has 0 aliphatic heterocycles. The Hall–Kier alpha value is -2.02. The Labute approximate surface area is 120 Å². The fourth-order valence-electron chi connectivity index (χ4n) is 1.57. The van der Waals surface area contributed by atoms with Crippen molar-refractivity contribution in [1.82, 2.24) is 0 Å². The largest absolute Gasteiger partial charge is 0.506 e. The lowest BCUT2D eigenvalue weighted by Crippen LogP contribution is -2.17. The van der Waals surface area contributed by atoms with Crippen LogP contribution in [-0.4, -0.2) is 11.0 Å². The topological polar surface area (TPSA) is 49.3 Å². The van der Waals surface area contributed by atoms with Gasteiger partial charge < -0.3 is 10.4 Å². The number of para-hydroxylation sites is 1. The molecule has 0 unspecified atom stereocenters. The van der Waals surface area contributed by atoms with Gasteiger partial charge in [-0.3, -0.25) is 4.79 Å². The van der Waals surface area contributed by atoms with E-state index in [2.05, 4.69) is 15.9 Å². The maximum absolute atomic E-state index is 13.6. The Bertz CT molecular complexity index is 648. The lowest BCUT2D eigenvalue weighted by Gasteiger charge is -2.09. The number of benzene rings is 2. The molecule has 3 nitrogen and oxygen atoms in total. The molecule has 7 heteroatoms. The molecule has 2 rings (SSSR count). The first kappa shape index (κ1) is 14.4. The molecule has 0 aliphatic rings. The van der Waals surface area contributed by atoms with Crippen LogP contribution in [-0.2, 0) is 0 Å². The van der Waals surface area contributed by atoms with Crippen molar-refractivity contribution in [2.75, 3.05) is 5.32 Å². The van der Waals surface area contributed by atoms with E-state index in [0.717, 1.165) is 24.3 Å². The van der Waals surface area contributed by atoms with E-state index in [1.165, 1.54) is 6.07 Å². The van der Waals surface area contributed by atoms with E-state index in [1.807, 2.05) is 5.32 Å². The smallest absolute Gasteiger partial charge is 0.261 e. The Morgan fingerprint density at radius 3 is 2.25 bits per heavy atom. The van der Waals surface area contributed by atoms with Gasteiger partial charge in [0.15, 0.2) is 5.82 Å². The molecule has 0 aromatic heterocycles. The highest BCUT2D eigenvalue weighted by atomic mass is 79.9. The van der Waals surface area contributed by atoms with Crippen LogP contribution in [0.15, 0.2) is 34.8 Å². The van der Waals surface area contributed by atoms with Crippen molar-refractivity contribution in [3.63, 3.8) is 0 Å². The fraction of sp³-hybridized carbons (Fsp3) is 0. The summed E-state index contributed by atoms with van der Waals surface area (Å²) in [7, 11) is 0. The molecule has 2 aromatic rings. The predicted octanol–water partition coefficient (Wildman–Crippen LogP) is 3.82. The number of halogens is 4. The Morgan fingerprint density at radius 2 is 1.70 bits per heavy atom. The first-order valence-electron chi connectivity index (χ1n) is 5.33. The molecule has 0 bridgehead atoms. The summed E-state index contributed by atoms with van der Waals surface area (Å²) in [6.45, 7) is 0. The van der Waals surface area contributed by atoms with E-state index in [9.17, 15) is 23.1 Å². The van der Waals surface area contributed by atoms with Crippen LogP contribution in [0.4, 0.5) is 18.9 Å². The summed E-state index contributed by atoms with van der Waals surface area (Å²) in [6.07, 6.45) is 0. The minimum absolute atomic E-state index is 0.123. The third-order valence-corrected chi connectivity index (χ3v) is 2.92. The van der Waals surface area contributed by atoms with Crippen molar-refractivity contribution in [3.05, 3.63) is 57.8 Å². The lowest BCUT2D eigenvalue weighted by atomic mass is 10.1. The summed E-state index contributed by atoms with van der Waals surface area (Å²) in [4.78, 5) is 11.8. The molecule has 0 heterocycles.